The number of amides is 1. The molecule has 0 spiro atoms. The van der Waals surface area contributed by atoms with Crippen molar-refractivity contribution in [1.82, 2.24) is 9.62 Å². The van der Waals surface area contributed by atoms with Crippen molar-refractivity contribution in [2.24, 2.45) is 0 Å². The molecule has 1 aromatic carbocycles. The van der Waals surface area contributed by atoms with Crippen molar-refractivity contribution in [3.63, 3.8) is 0 Å². The number of ether oxygens (including phenoxy) is 1. The van der Waals surface area contributed by atoms with Crippen molar-refractivity contribution in [2.75, 3.05) is 20.2 Å². The third-order valence-electron chi connectivity index (χ3n) is 3.69. The molecule has 2 rings (SSSR count). The van der Waals surface area contributed by atoms with Gasteiger partial charge in [-0.05, 0) is 30.7 Å². The summed E-state index contributed by atoms with van der Waals surface area (Å²) in [5, 5.41) is 0.966. The van der Waals surface area contributed by atoms with E-state index in [4.69, 9.17) is 9.15 Å². The summed E-state index contributed by atoms with van der Waals surface area (Å²) in [6.07, 6.45) is 2.91. The van der Waals surface area contributed by atoms with Crippen LogP contribution in [0.5, 0.6) is 0 Å². The fraction of sp³-hybridized carbons (Fsp3) is 0.263. The number of sulfonamides is 1. The summed E-state index contributed by atoms with van der Waals surface area (Å²) in [7, 11) is -2.27. The quantitative estimate of drug-likeness (QED) is 0.635. The van der Waals surface area contributed by atoms with E-state index < -0.39 is 35.1 Å². The van der Waals surface area contributed by atoms with Gasteiger partial charge in [0.2, 0.25) is 10.0 Å². The Labute approximate surface area is 163 Å². The lowest BCUT2D eigenvalue weighted by atomic mass is 10.2. The molecule has 0 fully saturated rings. The van der Waals surface area contributed by atoms with Crippen LogP contribution in [0.2, 0.25) is 0 Å². The summed E-state index contributed by atoms with van der Waals surface area (Å²) in [6.45, 7) is 1.10. The molecule has 1 amide bonds. The number of nitrogens with one attached hydrogen (secondary N) is 1. The van der Waals surface area contributed by atoms with E-state index in [1.807, 2.05) is 19.1 Å². The number of hydrogen-bond acceptors (Lipinski definition) is 6. The lowest BCUT2D eigenvalue weighted by Gasteiger charge is -2.15. The molecule has 1 heterocycles. The van der Waals surface area contributed by atoms with E-state index in [1.54, 1.807) is 24.3 Å². The highest BCUT2D eigenvalue weighted by atomic mass is 32.2. The predicted octanol–water partition coefficient (Wildman–Crippen LogP) is 1.68. The number of benzene rings is 1. The van der Waals surface area contributed by atoms with Gasteiger partial charge in [0.1, 0.15) is 12.3 Å². The lowest BCUT2D eigenvalue weighted by Crippen LogP contribution is -2.34. The van der Waals surface area contributed by atoms with E-state index in [2.05, 4.69) is 4.72 Å². The number of carbonyl (C=O) groups is 2. The topological polar surface area (TPSA) is 106 Å². The molecule has 0 saturated heterocycles. The second-order valence-electron chi connectivity index (χ2n) is 6.07. The molecule has 0 unspecified atom stereocenters. The van der Waals surface area contributed by atoms with Crippen LogP contribution in [-0.2, 0) is 30.9 Å². The molecule has 0 bridgehead atoms. The SMILES string of the molecule is Cc1ccc(/C=C/S(=O)(=O)NCC(=O)OCC(=O)N(C)Cc2ccco2)cc1. The van der Waals surface area contributed by atoms with E-state index in [-0.39, 0.29) is 6.54 Å². The summed E-state index contributed by atoms with van der Waals surface area (Å²) in [5.74, 6) is -0.700. The van der Waals surface area contributed by atoms with Crippen molar-refractivity contribution in [1.29, 1.82) is 0 Å². The lowest BCUT2D eigenvalue weighted by molar-refractivity contribution is -0.150. The second-order valence-corrected chi connectivity index (χ2v) is 7.72. The summed E-state index contributed by atoms with van der Waals surface area (Å²) in [6, 6.07) is 10.7. The highest BCUT2D eigenvalue weighted by Crippen LogP contribution is 2.06. The van der Waals surface area contributed by atoms with Crippen LogP contribution in [0.25, 0.3) is 6.08 Å². The Morgan fingerprint density at radius 3 is 2.57 bits per heavy atom. The van der Waals surface area contributed by atoms with Crippen molar-refractivity contribution >= 4 is 28.0 Å². The van der Waals surface area contributed by atoms with Gasteiger partial charge in [0.05, 0.1) is 12.8 Å². The van der Waals surface area contributed by atoms with Crippen molar-refractivity contribution < 1.29 is 27.2 Å². The number of esters is 1. The molecular formula is C19H22N2O6S. The first-order valence-corrected chi connectivity index (χ1v) is 9.96. The molecule has 0 aliphatic rings. The number of aryl methyl sites for hydroxylation is 1. The number of nitrogens with zero attached hydrogens (tertiary/aromatic N) is 1. The molecule has 28 heavy (non-hydrogen) atoms. The van der Waals surface area contributed by atoms with Crippen LogP contribution in [0.15, 0.2) is 52.5 Å². The summed E-state index contributed by atoms with van der Waals surface area (Å²) in [5.41, 5.74) is 1.77. The fourth-order valence-electron chi connectivity index (χ4n) is 2.08. The van der Waals surface area contributed by atoms with Crippen LogP contribution in [-0.4, -0.2) is 45.4 Å². The number of rotatable bonds is 9. The average Bonchev–Trinajstić information content (AvgIpc) is 3.17. The molecular weight excluding hydrogens is 384 g/mol. The minimum atomic E-state index is -3.81. The van der Waals surface area contributed by atoms with Gasteiger partial charge in [-0.1, -0.05) is 29.8 Å². The van der Waals surface area contributed by atoms with Gasteiger partial charge in [0.25, 0.3) is 5.91 Å². The first kappa shape index (κ1) is 21.4. The normalized spacial score (nSPS) is 11.5. The van der Waals surface area contributed by atoms with Crippen LogP contribution in [0.1, 0.15) is 16.9 Å². The van der Waals surface area contributed by atoms with Crippen LogP contribution in [0.3, 0.4) is 0 Å². The smallest absolute Gasteiger partial charge is 0.321 e. The maximum absolute atomic E-state index is 11.9. The standard InChI is InChI=1S/C19H22N2O6S/c1-15-5-7-16(8-6-15)9-11-28(24,25)20-12-19(23)27-14-18(22)21(2)13-17-4-3-10-26-17/h3-11,20H,12-14H2,1-2H3/b11-9+. The zero-order valence-corrected chi connectivity index (χ0v) is 16.4. The van der Waals surface area contributed by atoms with Gasteiger partial charge in [-0.2, -0.15) is 0 Å². The van der Waals surface area contributed by atoms with Crippen molar-refractivity contribution in [3.8, 4) is 0 Å². The van der Waals surface area contributed by atoms with E-state index in [1.165, 1.54) is 24.3 Å². The highest BCUT2D eigenvalue weighted by Gasteiger charge is 2.15. The molecule has 0 aliphatic heterocycles. The number of hydrogen-bond donors (Lipinski definition) is 1. The number of carbonyl (C=O) groups excluding carboxylic acids is 2. The molecule has 0 atom stereocenters. The van der Waals surface area contributed by atoms with E-state index in [0.29, 0.717) is 11.3 Å². The Kier molecular flexibility index (Phi) is 7.53. The monoisotopic (exact) mass is 406 g/mol. The Balaban J connectivity index is 1.74. The average molecular weight is 406 g/mol. The molecule has 0 radical (unpaired) electrons. The van der Waals surface area contributed by atoms with Gasteiger partial charge in [-0.3, -0.25) is 9.59 Å². The molecule has 0 aliphatic carbocycles. The second kappa shape index (κ2) is 9.86. The maximum atomic E-state index is 11.9. The molecule has 2 aromatic rings. The maximum Gasteiger partial charge on any atom is 0.321 e. The van der Waals surface area contributed by atoms with E-state index in [9.17, 15) is 18.0 Å². The van der Waals surface area contributed by atoms with Gasteiger partial charge in [-0.25, -0.2) is 13.1 Å². The Bertz CT molecular complexity index is 918. The predicted molar refractivity (Wildman–Crippen MR) is 103 cm³/mol. The van der Waals surface area contributed by atoms with Gasteiger partial charge in [-0.15, -0.1) is 0 Å². The molecule has 1 N–H and O–H groups in total. The summed E-state index contributed by atoms with van der Waals surface area (Å²) >= 11 is 0. The summed E-state index contributed by atoms with van der Waals surface area (Å²) < 4.78 is 35.9. The molecule has 150 valence electrons. The van der Waals surface area contributed by atoms with E-state index in [0.717, 1.165) is 11.0 Å². The Hall–Kier alpha value is -2.91. The number of likely N-dealkylation sites (N-methyl/N-ethyl adjacent to an activating group) is 1. The Morgan fingerprint density at radius 2 is 1.93 bits per heavy atom. The zero-order chi connectivity index (χ0) is 20.6. The minimum Gasteiger partial charge on any atom is -0.467 e. The zero-order valence-electron chi connectivity index (χ0n) is 15.6. The molecule has 9 heteroatoms. The van der Waals surface area contributed by atoms with E-state index >= 15 is 0 Å². The minimum absolute atomic E-state index is 0.236. The first-order chi connectivity index (χ1) is 13.2. The third kappa shape index (κ3) is 7.37. The third-order valence-corrected chi connectivity index (χ3v) is 4.73. The van der Waals surface area contributed by atoms with Crippen molar-refractivity contribution in [3.05, 3.63) is 65.0 Å². The molecule has 1 aromatic heterocycles. The first-order valence-electron chi connectivity index (χ1n) is 8.41. The summed E-state index contributed by atoms with van der Waals surface area (Å²) in [4.78, 5) is 24.9. The van der Waals surface area contributed by atoms with Crippen LogP contribution in [0, 0.1) is 6.92 Å². The largest absolute Gasteiger partial charge is 0.467 e. The van der Waals surface area contributed by atoms with Crippen LogP contribution < -0.4 is 4.72 Å². The van der Waals surface area contributed by atoms with Gasteiger partial charge >= 0.3 is 5.97 Å². The van der Waals surface area contributed by atoms with Gasteiger partial charge in [0.15, 0.2) is 6.61 Å². The van der Waals surface area contributed by atoms with Gasteiger partial charge < -0.3 is 14.1 Å². The van der Waals surface area contributed by atoms with Crippen LogP contribution >= 0.6 is 0 Å². The number of furan rings is 1. The van der Waals surface area contributed by atoms with Crippen molar-refractivity contribution in [2.45, 2.75) is 13.5 Å². The fourth-order valence-corrected chi connectivity index (χ4v) is 2.83. The Morgan fingerprint density at radius 1 is 1.21 bits per heavy atom. The van der Waals surface area contributed by atoms with Crippen LogP contribution in [0.4, 0.5) is 0 Å². The molecule has 0 saturated carbocycles. The highest BCUT2D eigenvalue weighted by molar-refractivity contribution is 7.92. The van der Waals surface area contributed by atoms with Gasteiger partial charge in [0, 0.05) is 12.5 Å². The molecule has 8 nitrogen and oxygen atoms in total.